The van der Waals surface area contributed by atoms with E-state index in [1.165, 1.54) is 38.5 Å². The maximum Gasteiger partial charge on any atom is 0.250 e. The normalized spacial score (nSPS) is 36.0. The van der Waals surface area contributed by atoms with Crippen LogP contribution in [0.4, 0.5) is 0 Å². The van der Waals surface area contributed by atoms with Gasteiger partial charge in [0.05, 0.1) is 0 Å². The van der Waals surface area contributed by atoms with Crippen molar-refractivity contribution in [2.75, 3.05) is 0 Å². The first kappa shape index (κ1) is 19.5. The maximum absolute atomic E-state index is 6.61. The number of fused-ring (bicyclic) bond motifs is 5. The van der Waals surface area contributed by atoms with Gasteiger partial charge in [0.25, 0.3) is 0 Å². The third-order valence-electron chi connectivity index (χ3n) is 9.35. The second-order valence-electron chi connectivity index (χ2n) is 11.7. The van der Waals surface area contributed by atoms with Crippen molar-refractivity contribution in [1.29, 1.82) is 0 Å². The molecule has 2 fully saturated rings. The molecule has 2 saturated carbocycles. The summed E-state index contributed by atoms with van der Waals surface area (Å²) in [5, 5.41) is 0.251. The molecule has 0 aromatic heterocycles. The minimum atomic E-state index is -1.76. The lowest BCUT2D eigenvalue weighted by molar-refractivity contribution is 0.0336. The summed E-state index contributed by atoms with van der Waals surface area (Å²) in [5.41, 5.74) is 3.86. The molecule has 5 atom stereocenters. The highest BCUT2D eigenvalue weighted by Gasteiger charge is 2.53. The van der Waals surface area contributed by atoms with Crippen LogP contribution in [0.5, 0.6) is 5.75 Å². The molecular formula is C25H40OSi. The van der Waals surface area contributed by atoms with E-state index in [1.54, 1.807) is 11.1 Å². The number of rotatable bonds is 2. The molecular weight excluding hydrogens is 344 g/mol. The number of aryl methyl sites for hydroxylation is 1. The molecule has 4 unspecified atom stereocenters. The molecule has 1 nitrogen and oxygen atoms in total. The van der Waals surface area contributed by atoms with E-state index < -0.39 is 8.32 Å². The third kappa shape index (κ3) is 3.11. The van der Waals surface area contributed by atoms with Gasteiger partial charge in [-0.1, -0.05) is 40.7 Å². The van der Waals surface area contributed by atoms with Gasteiger partial charge in [-0.2, -0.15) is 0 Å². The lowest BCUT2D eigenvalue weighted by Gasteiger charge is -2.50. The SMILES string of the molecule is CC1CCC2C3CCc4cc(O[Si](C)(C)C(C)(C)C)ccc4C3CC[C@]12C. The molecule has 2 heteroatoms. The van der Waals surface area contributed by atoms with E-state index in [1.807, 2.05) is 0 Å². The highest BCUT2D eigenvalue weighted by atomic mass is 28.4. The first-order chi connectivity index (χ1) is 12.5. The van der Waals surface area contributed by atoms with Crippen molar-refractivity contribution in [2.45, 2.75) is 97.2 Å². The van der Waals surface area contributed by atoms with Crippen molar-refractivity contribution in [1.82, 2.24) is 0 Å². The van der Waals surface area contributed by atoms with Gasteiger partial charge >= 0.3 is 0 Å². The Labute approximate surface area is 168 Å². The Morgan fingerprint density at radius 1 is 1.07 bits per heavy atom. The molecule has 3 aliphatic rings. The second-order valence-corrected chi connectivity index (χ2v) is 16.4. The van der Waals surface area contributed by atoms with Crippen LogP contribution >= 0.6 is 0 Å². The zero-order valence-electron chi connectivity index (χ0n) is 18.7. The molecule has 0 radical (unpaired) electrons. The van der Waals surface area contributed by atoms with Crippen molar-refractivity contribution in [3.63, 3.8) is 0 Å². The summed E-state index contributed by atoms with van der Waals surface area (Å²) in [6, 6.07) is 7.12. The summed E-state index contributed by atoms with van der Waals surface area (Å²) in [7, 11) is -1.76. The summed E-state index contributed by atoms with van der Waals surface area (Å²) in [6.07, 6.45) is 8.41. The van der Waals surface area contributed by atoms with Gasteiger partial charge in [0.1, 0.15) is 5.75 Å². The summed E-state index contributed by atoms with van der Waals surface area (Å²) in [4.78, 5) is 0. The van der Waals surface area contributed by atoms with Crippen LogP contribution in [-0.2, 0) is 6.42 Å². The molecule has 3 aliphatic carbocycles. The average Bonchev–Trinajstić information content (AvgIpc) is 2.88. The molecule has 150 valence electrons. The van der Waals surface area contributed by atoms with E-state index in [2.05, 4.69) is 65.9 Å². The van der Waals surface area contributed by atoms with Crippen LogP contribution < -0.4 is 4.43 Å². The fraction of sp³-hybridized carbons (Fsp3) is 0.760. The van der Waals surface area contributed by atoms with E-state index in [-0.39, 0.29) is 5.04 Å². The predicted molar refractivity (Wildman–Crippen MR) is 118 cm³/mol. The quantitative estimate of drug-likeness (QED) is 0.478. The Hall–Kier alpha value is -0.763. The fourth-order valence-corrected chi connectivity index (χ4v) is 7.36. The monoisotopic (exact) mass is 384 g/mol. The molecule has 0 bridgehead atoms. The summed E-state index contributed by atoms with van der Waals surface area (Å²) >= 11 is 0. The van der Waals surface area contributed by atoms with Crippen molar-refractivity contribution in [3.05, 3.63) is 29.3 Å². The van der Waals surface area contributed by atoms with Gasteiger partial charge in [0.15, 0.2) is 0 Å². The van der Waals surface area contributed by atoms with Crippen LogP contribution in [0.1, 0.15) is 83.8 Å². The highest BCUT2D eigenvalue weighted by Crippen LogP contribution is 2.62. The molecule has 0 amide bonds. The molecule has 1 aromatic carbocycles. The van der Waals surface area contributed by atoms with Gasteiger partial charge in [-0.05, 0) is 109 Å². The number of benzene rings is 1. The first-order valence-electron chi connectivity index (χ1n) is 11.3. The summed E-state index contributed by atoms with van der Waals surface area (Å²) in [5.74, 6) is 4.73. The van der Waals surface area contributed by atoms with Gasteiger partial charge in [-0.15, -0.1) is 0 Å². The third-order valence-corrected chi connectivity index (χ3v) is 13.7. The van der Waals surface area contributed by atoms with Gasteiger partial charge < -0.3 is 4.43 Å². The lowest BCUT2D eigenvalue weighted by atomic mass is 9.54. The lowest BCUT2D eigenvalue weighted by Crippen LogP contribution is -2.44. The van der Waals surface area contributed by atoms with Crippen LogP contribution in [0.25, 0.3) is 0 Å². The Morgan fingerprint density at radius 2 is 1.81 bits per heavy atom. The molecule has 27 heavy (non-hydrogen) atoms. The van der Waals surface area contributed by atoms with Crippen LogP contribution in [0.2, 0.25) is 18.1 Å². The Bertz CT molecular complexity index is 716. The molecule has 0 heterocycles. The van der Waals surface area contributed by atoms with Crippen molar-refractivity contribution >= 4 is 8.32 Å². The number of hydrogen-bond acceptors (Lipinski definition) is 1. The minimum absolute atomic E-state index is 0.251. The number of hydrogen-bond donors (Lipinski definition) is 0. The van der Waals surface area contributed by atoms with E-state index in [0.717, 1.165) is 29.4 Å². The summed E-state index contributed by atoms with van der Waals surface area (Å²) in [6.45, 7) is 16.8. The van der Waals surface area contributed by atoms with Gasteiger partial charge in [0, 0.05) is 0 Å². The van der Waals surface area contributed by atoms with E-state index >= 15 is 0 Å². The van der Waals surface area contributed by atoms with E-state index in [9.17, 15) is 0 Å². The molecule has 0 spiro atoms. The van der Waals surface area contributed by atoms with Gasteiger partial charge in [0.2, 0.25) is 8.32 Å². The van der Waals surface area contributed by atoms with Crippen molar-refractivity contribution in [2.24, 2.45) is 23.2 Å². The van der Waals surface area contributed by atoms with Crippen LogP contribution in [0.3, 0.4) is 0 Å². The minimum Gasteiger partial charge on any atom is -0.543 e. The molecule has 4 rings (SSSR count). The second kappa shape index (κ2) is 6.37. The Morgan fingerprint density at radius 3 is 2.52 bits per heavy atom. The fourth-order valence-electron chi connectivity index (χ4n) is 6.33. The van der Waals surface area contributed by atoms with Gasteiger partial charge in [-0.3, -0.25) is 0 Å². The summed E-state index contributed by atoms with van der Waals surface area (Å²) < 4.78 is 6.61. The van der Waals surface area contributed by atoms with Gasteiger partial charge in [-0.25, -0.2) is 0 Å². The average molecular weight is 385 g/mol. The molecule has 0 aliphatic heterocycles. The topological polar surface area (TPSA) is 9.23 Å². The molecule has 1 aromatic rings. The van der Waals surface area contributed by atoms with E-state index in [0.29, 0.717) is 5.41 Å². The van der Waals surface area contributed by atoms with Crippen molar-refractivity contribution in [3.8, 4) is 5.75 Å². The Kier molecular flexibility index (Phi) is 4.61. The smallest absolute Gasteiger partial charge is 0.250 e. The van der Waals surface area contributed by atoms with Crippen LogP contribution in [0, 0.1) is 23.2 Å². The largest absolute Gasteiger partial charge is 0.543 e. The highest BCUT2D eigenvalue weighted by molar-refractivity contribution is 6.74. The van der Waals surface area contributed by atoms with Crippen LogP contribution in [0.15, 0.2) is 18.2 Å². The van der Waals surface area contributed by atoms with Crippen LogP contribution in [-0.4, -0.2) is 8.32 Å². The van der Waals surface area contributed by atoms with E-state index in [4.69, 9.17) is 4.43 Å². The first-order valence-corrected chi connectivity index (χ1v) is 14.3. The molecule has 0 N–H and O–H groups in total. The standard InChI is InChI=1S/C25H40OSi/c1-17-8-13-23-22-11-9-18-16-19(26-27(6,7)24(2,3)4)10-12-20(18)21(22)14-15-25(17,23)5/h10,12,16-17,21-23H,8-9,11,13-15H2,1-7H3/t17?,21?,22?,23?,25-/m1/s1. The zero-order valence-corrected chi connectivity index (χ0v) is 19.7. The van der Waals surface area contributed by atoms with Crippen molar-refractivity contribution < 1.29 is 4.43 Å². The Balaban J connectivity index is 1.58. The zero-order chi connectivity index (χ0) is 19.6. The predicted octanol–water partition coefficient (Wildman–Crippen LogP) is 7.56. The maximum atomic E-state index is 6.61. The molecule has 0 saturated heterocycles.